The van der Waals surface area contributed by atoms with E-state index < -0.39 is 23.5 Å². The molecule has 1 amide bonds. The summed E-state index contributed by atoms with van der Waals surface area (Å²) in [5, 5.41) is 0. The van der Waals surface area contributed by atoms with E-state index in [4.69, 9.17) is 16.3 Å². The summed E-state index contributed by atoms with van der Waals surface area (Å²) < 4.78 is 45.1. The van der Waals surface area contributed by atoms with Crippen LogP contribution in [0.4, 0.5) is 18.9 Å². The van der Waals surface area contributed by atoms with Crippen LogP contribution in [0, 0.1) is 12.8 Å². The lowest BCUT2D eigenvalue weighted by Gasteiger charge is -2.27. The Balaban J connectivity index is 3.10. The third-order valence-electron chi connectivity index (χ3n) is 3.29. The molecule has 0 aliphatic carbocycles. The van der Waals surface area contributed by atoms with Crippen LogP contribution in [-0.2, 0) is 15.7 Å². The van der Waals surface area contributed by atoms with Gasteiger partial charge >= 0.3 is 6.18 Å². The Morgan fingerprint density at radius 1 is 1.35 bits per heavy atom. The average molecular weight is 352 g/mol. The zero-order chi connectivity index (χ0) is 17.6. The molecule has 0 N–H and O–H groups in total. The molecule has 0 aromatic heterocycles. The van der Waals surface area contributed by atoms with Crippen molar-refractivity contribution in [1.82, 2.24) is 0 Å². The number of para-hydroxylation sites is 1. The second-order valence-corrected chi connectivity index (χ2v) is 5.91. The molecule has 0 saturated heterocycles. The van der Waals surface area contributed by atoms with Gasteiger partial charge in [0.1, 0.15) is 12.6 Å². The smallest absolute Gasteiger partial charge is 0.361 e. The van der Waals surface area contributed by atoms with E-state index in [1.165, 1.54) is 19.1 Å². The first-order valence-electron chi connectivity index (χ1n) is 7.29. The van der Waals surface area contributed by atoms with Crippen LogP contribution in [0.25, 0.3) is 0 Å². The van der Waals surface area contributed by atoms with E-state index >= 15 is 0 Å². The Kier molecular flexibility index (Phi) is 7.35. The zero-order valence-corrected chi connectivity index (χ0v) is 14.2. The van der Waals surface area contributed by atoms with Crippen LogP contribution in [0.2, 0.25) is 0 Å². The molecule has 1 rings (SSSR count). The number of hydrogen-bond acceptors (Lipinski definition) is 2. The van der Waals surface area contributed by atoms with Crippen LogP contribution >= 0.6 is 11.6 Å². The first kappa shape index (κ1) is 19.8. The lowest BCUT2D eigenvalue weighted by molar-refractivity contribution is -0.137. The maximum atomic E-state index is 13.2. The van der Waals surface area contributed by atoms with Gasteiger partial charge in [0.2, 0.25) is 5.91 Å². The van der Waals surface area contributed by atoms with Crippen LogP contribution in [0.5, 0.6) is 0 Å². The lowest BCUT2D eigenvalue weighted by atomic mass is 10.1. The molecule has 0 aliphatic rings. The van der Waals surface area contributed by atoms with Crippen LogP contribution in [0.3, 0.4) is 0 Å². The van der Waals surface area contributed by atoms with Crippen LogP contribution in [-0.4, -0.2) is 25.1 Å². The van der Waals surface area contributed by atoms with Gasteiger partial charge in [0, 0.05) is 6.61 Å². The van der Waals surface area contributed by atoms with Crippen molar-refractivity contribution in [2.75, 3.05) is 24.1 Å². The number of carbonyl (C=O) groups is 1. The number of alkyl halides is 4. The molecule has 0 radical (unpaired) electrons. The van der Waals surface area contributed by atoms with Crippen LogP contribution in [0.15, 0.2) is 18.2 Å². The van der Waals surface area contributed by atoms with E-state index in [0.717, 1.165) is 17.4 Å². The van der Waals surface area contributed by atoms with Crippen molar-refractivity contribution in [3.8, 4) is 0 Å². The second kappa shape index (κ2) is 8.55. The molecular formula is C16H21ClF3NO2. The van der Waals surface area contributed by atoms with Gasteiger partial charge in [-0.2, -0.15) is 13.2 Å². The van der Waals surface area contributed by atoms with Crippen LogP contribution in [0.1, 0.15) is 31.4 Å². The highest BCUT2D eigenvalue weighted by molar-refractivity contribution is 6.29. The number of nitrogens with zero attached hydrogens (tertiary/aromatic N) is 1. The Morgan fingerprint density at radius 2 is 2.00 bits per heavy atom. The van der Waals surface area contributed by atoms with Crippen molar-refractivity contribution in [1.29, 1.82) is 0 Å². The molecule has 0 saturated carbocycles. The van der Waals surface area contributed by atoms with Crippen molar-refractivity contribution < 1.29 is 22.7 Å². The molecule has 23 heavy (non-hydrogen) atoms. The number of hydrogen-bond donors (Lipinski definition) is 0. The number of carbonyl (C=O) groups excluding carboxylic acids is 1. The number of aryl methyl sites for hydroxylation is 1. The molecule has 1 aromatic rings. The van der Waals surface area contributed by atoms with Gasteiger partial charge in [0.05, 0.1) is 11.3 Å². The van der Waals surface area contributed by atoms with E-state index in [9.17, 15) is 18.0 Å². The van der Waals surface area contributed by atoms with Gasteiger partial charge in [0.25, 0.3) is 0 Å². The van der Waals surface area contributed by atoms with E-state index in [0.29, 0.717) is 18.1 Å². The minimum atomic E-state index is -4.57. The Bertz CT molecular complexity index is 533. The Hall–Kier alpha value is -1.27. The second-order valence-electron chi connectivity index (χ2n) is 5.64. The monoisotopic (exact) mass is 351 g/mol. The van der Waals surface area contributed by atoms with Gasteiger partial charge in [-0.3, -0.25) is 9.69 Å². The van der Waals surface area contributed by atoms with Crippen molar-refractivity contribution >= 4 is 23.2 Å². The van der Waals surface area contributed by atoms with E-state index in [-0.39, 0.29) is 12.4 Å². The summed E-state index contributed by atoms with van der Waals surface area (Å²) in [5.74, 6) is -0.647. The molecule has 0 spiro atoms. The molecule has 0 fully saturated rings. The lowest BCUT2D eigenvalue weighted by Crippen LogP contribution is -2.36. The minimum absolute atomic E-state index is 0.199. The molecule has 0 bridgehead atoms. The summed E-state index contributed by atoms with van der Waals surface area (Å²) in [6, 6.07) is 3.78. The molecule has 3 nitrogen and oxygen atoms in total. The summed E-state index contributed by atoms with van der Waals surface area (Å²) in [4.78, 5) is 13.0. The zero-order valence-electron chi connectivity index (χ0n) is 13.4. The van der Waals surface area contributed by atoms with Crippen LogP contribution < -0.4 is 4.90 Å². The van der Waals surface area contributed by atoms with E-state index in [1.807, 2.05) is 13.8 Å². The molecule has 1 aromatic carbocycles. The average Bonchev–Trinajstić information content (AvgIpc) is 2.46. The highest BCUT2D eigenvalue weighted by Crippen LogP contribution is 2.38. The highest BCUT2D eigenvalue weighted by Gasteiger charge is 2.36. The summed E-state index contributed by atoms with van der Waals surface area (Å²) in [6.45, 7) is 5.64. The Morgan fingerprint density at radius 3 is 2.52 bits per heavy atom. The fraction of sp³-hybridized carbons (Fsp3) is 0.562. The van der Waals surface area contributed by atoms with Crippen molar-refractivity contribution in [2.45, 2.75) is 33.4 Å². The quantitative estimate of drug-likeness (QED) is 0.408. The fourth-order valence-corrected chi connectivity index (χ4v) is 2.20. The molecule has 130 valence electrons. The maximum absolute atomic E-state index is 13.2. The third-order valence-corrected chi connectivity index (χ3v) is 3.52. The van der Waals surface area contributed by atoms with Gasteiger partial charge in [-0.25, -0.2) is 0 Å². The largest absolute Gasteiger partial charge is 0.418 e. The van der Waals surface area contributed by atoms with Gasteiger partial charge in [-0.1, -0.05) is 26.0 Å². The number of ether oxygens (including phenoxy) is 1. The summed E-state index contributed by atoms with van der Waals surface area (Å²) in [5.41, 5.74) is -0.732. The molecule has 7 heteroatoms. The first-order valence-corrected chi connectivity index (χ1v) is 7.82. The van der Waals surface area contributed by atoms with E-state index in [2.05, 4.69) is 0 Å². The number of anilines is 1. The Labute approximate surface area is 139 Å². The van der Waals surface area contributed by atoms with Crippen molar-refractivity contribution in [3.63, 3.8) is 0 Å². The highest BCUT2D eigenvalue weighted by atomic mass is 35.5. The van der Waals surface area contributed by atoms with Crippen molar-refractivity contribution in [2.24, 2.45) is 5.92 Å². The predicted molar refractivity (Wildman–Crippen MR) is 84.7 cm³/mol. The molecule has 0 atom stereocenters. The van der Waals surface area contributed by atoms with Gasteiger partial charge in [-0.05, 0) is 30.9 Å². The summed E-state index contributed by atoms with van der Waals surface area (Å²) in [6.07, 6.45) is -3.81. The number of amides is 1. The van der Waals surface area contributed by atoms with Gasteiger partial charge in [0.15, 0.2) is 0 Å². The standard InChI is InChI=1S/C16H21ClF3NO2/c1-11(2)7-8-23-10-21(14(22)9-17)15-12(3)5-4-6-13(15)16(18,19)20/h4-6,11H,7-10H2,1-3H3. The SMILES string of the molecule is Cc1cccc(C(F)(F)F)c1N(COCCC(C)C)C(=O)CCl. The normalized spacial score (nSPS) is 11.8. The fourth-order valence-electron chi connectivity index (χ4n) is 2.05. The first-order chi connectivity index (χ1) is 10.7. The number of benzene rings is 1. The van der Waals surface area contributed by atoms with Crippen molar-refractivity contribution in [3.05, 3.63) is 29.3 Å². The van der Waals surface area contributed by atoms with Gasteiger partial charge in [-0.15, -0.1) is 11.6 Å². The van der Waals surface area contributed by atoms with E-state index in [1.54, 1.807) is 0 Å². The minimum Gasteiger partial charge on any atom is -0.361 e. The summed E-state index contributed by atoms with van der Waals surface area (Å²) in [7, 11) is 0. The molecule has 0 aliphatic heterocycles. The number of rotatable bonds is 7. The molecular weight excluding hydrogens is 331 g/mol. The third kappa shape index (κ3) is 5.70. The maximum Gasteiger partial charge on any atom is 0.418 e. The molecule has 0 unspecified atom stereocenters. The topological polar surface area (TPSA) is 29.5 Å². The molecule has 0 heterocycles. The predicted octanol–water partition coefficient (Wildman–Crippen LogP) is 4.61. The number of halogens is 4. The van der Waals surface area contributed by atoms with Gasteiger partial charge < -0.3 is 4.74 Å². The summed E-state index contributed by atoms with van der Waals surface area (Å²) >= 11 is 5.55.